The van der Waals surface area contributed by atoms with Crippen LogP contribution in [0.25, 0.3) is 11.3 Å². The minimum atomic E-state index is -0.342. The summed E-state index contributed by atoms with van der Waals surface area (Å²) in [6, 6.07) is 7.24. The predicted octanol–water partition coefficient (Wildman–Crippen LogP) is 2.93. The van der Waals surface area contributed by atoms with E-state index in [-0.39, 0.29) is 11.9 Å². The van der Waals surface area contributed by atoms with Gasteiger partial charge in [-0.3, -0.25) is 4.79 Å². The van der Waals surface area contributed by atoms with E-state index in [0.29, 0.717) is 11.5 Å². The number of ether oxygens (including phenoxy) is 1. The summed E-state index contributed by atoms with van der Waals surface area (Å²) >= 11 is 1.63. The van der Waals surface area contributed by atoms with Crippen LogP contribution in [-0.2, 0) is 9.53 Å². The van der Waals surface area contributed by atoms with Gasteiger partial charge in [0, 0.05) is 36.9 Å². The lowest BCUT2D eigenvalue weighted by atomic mass is 10.1. The highest BCUT2D eigenvalue weighted by atomic mass is 32.1. The highest BCUT2D eigenvalue weighted by molar-refractivity contribution is 7.10. The SMILES string of the molecule is COC(=O)c1ccc(-c2csc(C3CCN(C(C)=O)C3)n2)cc1. The maximum absolute atomic E-state index is 11.5. The number of rotatable bonds is 3. The zero-order valence-corrected chi connectivity index (χ0v) is 13.9. The summed E-state index contributed by atoms with van der Waals surface area (Å²) in [5.41, 5.74) is 2.41. The van der Waals surface area contributed by atoms with Crippen LogP contribution < -0.4 is 0 Å². The molecule has 1 aromatic carbocycles. The van der Waals surface area contributed by atoms with Gasteiger partial charge in [0.25, 0.3) is 0 Å². The van der Waals surface area contributed by atoms with Gasteiger partial charge in [-0.05, 0) is 18.6 Å². The molecule has 6 heteroatoms. The monoisotopic (exact) mass is 330 g/mol. The first-order valence-electron chi connectivity index (χ1n) is 7.48. The Bertz CT molecular complexity index is 724. The highest BCUT2D eigenvalue weighted by Gasteiger charge is 2.27. The first-order chi connectivity index (χ1) is 11.1. The zero-order chi connectivity index (χ0) is 16.4. The quantitative estimate of drug-likeness (QED) is 0.812. The number of aromatic nitrogens is 1. The standard InChI is InChI=1S/C17H18N2O3S/c1-11(20)19-8-7-14(9-19)16-18-15(10-23-16)12-3-5-13(6-4-12)17(21)22-2/h3-6,10,14H,7-9H2,1-2H3. The van der Waals surface area contributed by atoms with Crippen molar-refractivity contribution in [1.82, 2.24) is 9.88 Å². The second kappa shape index (κ2) is 6.50. The zero-order valence-electron chi connectivity index (χ0n) is 13.1. The Morgan fingerprint density at radius 3 is 2.65 bits per heavy atom. The van der Waals surface area contributed by atoms with Crippen molar-refractivity contribution in [2.24, 2.45) is 0 Å². The summed E-state index contributed by atoms with van der Waals surface area (Å²) in [7, 11) is 1.37. The van der Waals surface area contributed by atoms with Crippen molar-refractivity contribution in [3.8, 4) is 11.3 Å². The van der Waals surface area contributed by atoms with Gasteiger partial charge < -0.3 is 9.64 Å². The summed E-state index contributed by atoms with van der Waals surface area (Å²) in [5.74, 6) is 0.112. The molecule has 5 nitrogen and oxygen atoms in total. The van der Waals surface area contributed by atoms with Crippen molar-refractivity contribution in [3.05, 3.63) is 40.2 Å². The molecular weight excluding hydrogens is 312 g/mol. The molecule has 1 unspecified atom stereocenters. The van der Waals surface area contributed by atoms with Gasteiger partial charge in [-0.15, -0.1) is 11.3 Å². The van der Waals surface area contributed by atoms with Crippen LogP contribution in [0.15, 0.2) is 29.6 Å². The molecule has 0 N–H and O–H groups in total. The van der Waals surface area contributed by atoms with Gasteiger partial charge >= 0.3 is 5.97 Å². The number of carbonyl (C=O) groups excluding carboxylic acids is 2. The molecule has 3 rings (SSSR count). The van der Waals surface area contributed by atoms with E-state index in [0.717, 1.165) is 35.8 Å². The number of likely N-dealkylation sites (tertiary alicyclic amines) is 1. The van der Waals surface area contributed by atoms with E-state index < -0.39 is 0 Å². The second-order valence-electron chi connectivity index (χ2n) is 5.59. The van der Waals surface area contributed by atoms with Crippen molar-refractivity contribution < 1.29 is 14.3 Å². The number of esters is 1. The van der Waals surface area contributed by atoms with Crippen molar-refractivity contribution >= 4 is 23.2 Å². The predicted molar refractivity (Wildman–Crippen MR) is 88.5 cm³/mol. The molecule has 2 aromatic rings. The Labute approximate surface area is 138 Å². The summed E-state index contributed by atoms with van der Waals surface area (Å²) in [6.07, 6.45) is 0.966. The smallest absolute Gasteiger partial charge is 0.337 e. The summed E-state index contributed by atoms with van der Waals surface area (Å²) in [5, 5.41) is 3.10. The van der Waals surface area contributed by atoms with Crippen LogP contribution in [0.1, 0.15) is 34.6 Å². The molecule has 1 fully saturated rings. The fraction of sp³-hybridized carbons (Fsp3) is 0.353. The molecule has 23 heavy (non-hydrogen) atoms. The molecule has 0 spiro atoms. The Morgan fingerprint density at radius 2 is 2.04 bits per heavy atom. The first kappa shape index (κ1) is 15.7. The third-order valence-corrected chi connectivity index (χ3v) is 5.11. The highest BCUT2D eigenvalue weighted by Crippen LogP contribution is 2.32. The molecule has 0 radical (unpaired) electrons. The first-order valence-corrected chi connectivity index (χ1v) is 8.36. The third-order valence-electron chi connectivity index (χ3n) is 4.11. The average molecular weight is 330 g/mol. The van der Waals surface area contributed by atoms with Crippen molar-refractivity contribution in [1.29, 1.82) is 0 Å². The lowest BCUT2D eigenvalue weighted by Gasteiger charge is -2.12. The summed E-state index contributed by atoms with van der Waals surface area (Å²) < 4.78 is 4.70. The van der Waals surface area contributed by atoms with Gasteiger partial charge in [0.1, 0.15) is 0 Å². The van der Waals surface area contributed by atoms with Crippen molar-refractivity contribution in [2.75, 3.05) is 20.2 Å². The van der Waals surface area contributed by atoms with Crippen LogP contribution in [-0.4, -0.2) is 42.0 Å². The number of hydrogen-bond donors (Lipinski definition) is 0. The Balaban J connectivity index is 1.74. The van der Waals surface area contributed by atoms with Gasteiger partial charge in [0.15, 0.2) is 0 Å². The summed E-state index contributed by atoms with van der Waals surface area (Å²) in [6.45, 7) is 3.17. The van der Waals surface area contributed by atoms with E-state index >= 15 is 0 Å². The van der Waals surface area contributed by atoms with Gasteiger partial charge in [0.05, 0.1) is 23.4 Å². The molecular formula is C17H18N2O3S. The molecule has 0 bridgehead atoms. The number of amides is 1. The molecule has 1 amide bonds. The van der Waals surface area contributed by atoms with Gasteiger partial charge in [-0.1, -0.05) is 12.1 Å². The Hall–Kier alpha value is -2.21. The van der Waals surface area contributed by atoms with E-state index in [1.807, 2.05) is 22.4 Å². The minimum absolute atomic E-state index is 0.127. The van der Waals surface area contributed by atoms with Gasteiger partial charge in [0.2, 0.25) is 5.91 Å². The molecule has 2 heterocycles. The molecule has 0 aliphatic carbocycles. The molecule has 1 atom stereocenters. The lowest BCUT2D eigenvalue weighted by Crippen LogP contribution is -2.25. The van der Waals surface area contributed by atoms with Crippen molar-refractivity contribution in [3.63, 3.8) is 0 Å². The van der Waals surface area contributed by atoms with E-state index in [1.165, 1.54) is 7.11 Å². The second-order valence-corrected chi connectivity index (χ2v) is 6.48. The average Bonchev–Trinajstić information content (AvgIpc) is 3.23. The van der Waals surface area contributed by atoms with Crippen LogP contribution in [0.4, 0.5) is 0 Å². The molecule has 0 saturated carbocycles. The van der Waals surface area contributed by atoms with Crippen LogP contribution in [0.2, 0.25) is 0 Å². The fourth-order valence-electron chi connectivity index (χ4n) is 2.75. The van der Waals surface area contributed by atoms with Gasteiger partial charge in [-0.2, -0.15) is 0 Å². The molecule has 1 aliphatic rings. The minimum Gasteiger partial charge on any atom is -0.465 e. The van der Waals surface area contributed by atoms with E-state index in [9.17, 15) is 9.59 Å². The number of carbonyl (C=O) groups is 2. The topological polar surface area (TPSA) is 59.5 Å². The van der Waals surface area contributed by atoms with E-state index in [1.54, 1.807) is 30.4 Å². The molecule has 1 saturated heterocycles. The number of hydrogen-bond acceptors (Lipinski definition) is 5. The molecule has 1 aromatic heterocycles. The maximum atomic E-state index is 11.5. The van der Waals surface area contributed by atoms with Crippen LogP contribution in [0.3, 0.4) is 0 Å². The Morgan fingerprint density at radius 1 is 1.30 bits per heavy atom. The van der Waals surface area contributed by atoms with Crippen molar-refractivity contribution in [2.45, 2.75) is 19.3 Å². The third kappa shape index (κ3) is 3.27. The Kier molecular flexibility index (Phi) is 4.43. The largest absolute Gasteiger partial charge is 0.465 e. The number of nitrogens with zero attached hydrogens (tertiary/aromatic N) is 2. The number of methoxy groups -OCH3 is 1. The van der Waals surface area contributed by atoms with E-state index in [2.05, 4.69) is 0 Å². The lowest BCUT2D eigenvalue weighted by molar-refractivity contribution is -0.127. The van der Waals surface area contributed by atoms with E-state index in [4.69, 9.17) is 9.72 Å². The molecule has 120 valence electrons. The van der Waals surface area contributed by atoms with Gasteiger partial charge in [-0.25, -0.2) is 9.78 Å². The maximum Gasteiger partial charge on any atom is 0.337 e. The molecule has 1 aliphatic heterocycles. The number of benzene rings is 1. The normalized spacial score (nSPS) is 17.3. The van der Waals surface area contributed by atoms with Crippen LogP contribution in [0.5, 0.6) is 0 Å². The van der Waals surface area contributed by atoms with Crippen LogP contribution in [0, 0.1) is 0 Å². The number of thiazole rings is 1. The fourth-order valence-corrected chi connectivity index (χ4v) is 3.71. The summed E-state index contributed by atoms with van der Waals surface area (Å²) in [4.78, 5) is 29.5. The van der Waals surface area contributed by atoms with Crippen LogP contribution >= 0.6 is 11.3 Å².